The first-order chi connectivity index (χ1) is 12.1. The zero-order valence-corrected chi connectivity index (χ0v) is 14.8. The Labute approximate surface area is 151 Å². The van der Waals surface area contributed by atoms with Gasteiger partial charge in [-0.2, -0.15) is 0 Å². The van der Waals surface area contributed by atoms with Crippen molar-refractivity contribution in [1.82, 2.24) is 4.98 Å². The van der Waals surface area contributed by atoms with Gasteiger partial charge < -0.3 is 9.47 Å². The molecule has 1 heterocycles. The van der Waals surface area contributed by atoms with Crippen LogP contribution in [0.5, 0.6) is 17.4 Å². The summed E-state index contributed by atoms with van der Waals surface area (Å²) in [4.78, 5) is 7.02. The first kappa shape index (κ1) is 18.6. The van der Waals surface area contributed by atoms with Crippen LogP contribution in [0.3, 0.4) is 0 Å². The van der Waals surface area contributed by atoms with Gasteiger partial charge in [0.2, 0.25) is 5.88 Å². The van der Waals surface area contributed by atoms with E-state index in [1.54, 1.807) is 30.5 Å². The molecule has 0 aliphatic rings. The molecule has 25 heavy (non-hydrogen) atoms. The van der Waals surface area contributed by atoms with Gasteiger partial charge in [-0.3, -0.25) is 0 Å². The summed E-state index contributed by atoms with van der Waals surface area (Å²) in [6.07, 6.45) is 5.60. The van der Waals surface area contributed by atoms with Crippen molar-refractivity contribution in [2.24, 2.45) is 11.0 Å². The van der Waals surface area contributed by atoms with Gasteiger partial charge in [0.1, 0.15) is 11.5 Å². The first-order valence-electron chi connectivity index (χ1n) is 7.87. The van der Waals surface area contributed by atoms with Crippen LogP contribution < -0.4 is 9.47 Å². The number of hydrogen-bond acceptors (Lipinski definition) is 4. The number of azide groups is 1. The van der Waals surface area contributed by atoms with E-state index < -0.39 is 0 Å². The van der Waals surface area contributed by atoms with Crippen molar-refractivity contribution in [3.05, 3.63) is 63.6 Å². The van der Waals surface area contributed by atoms with Crippen molar-refractivity contribution in [2.45, 2.75) is 13.8 Å². The van der Waals surface area contributed by atoms with Crippen LogP contribution in [0.15, 0.2) is 47.7 Å². The van der Waals surface area contributed by atoms with Crippen LogP contribution in [0.2, 0.25) is 5.02 Å². The van der Waals surface area contributed by atoms with Crippen LogP contribution in [-0.2, 0) is 0 Å². The van der Waals surface area contributed by atoms with E-state index in [0.717, 1.165) is 5.56 Å². The monoisotopic (exact) mass is 358 g/mol. The van der Waals surface area contributed by atoms with Crippen LogP contribution >= 0.6 is 11.6 Å². The molecule has 0 aliphatic heterocycles. The smallest absolute Gasteiger partial charge is 0.219 e. The molecular formula is C18H19ClN4O2. The lowest BCUT2D eigenvalue weighted by Gasteiger charge is -2.09. The maximum absolute atomic E-state index is 8.31. The van der Waals surface area contributed by atoms with E-state index in [1.807, 2.05) is 32.1 Å². The van der Waals surface area contributed by atoms with E-state index in [0.29, 0.717) is 35.6 Å². The molecule has 130 valence electrons. The summed E-state index contributed by atoms with van der Waals surface area (Å²) in [5, 5.41) is 4.00. The molecule has 1 atom stereocenters. The summed E-state index contributed by atoms with van der Waals surface area (Å²) >= 11 is 6.19. The molecule has 6 nitrogen and oxygen atoms in total. The van der Waals surface area contributed by atoms with Gasteiger partial charge in [0.15, 0.2) is 0 Å². The zero-order valence-electron chi connectivity index (χ0n) is 14.1. The van der Waals surface area contributed by atoms with Crippen LogP contribution in [0.25, 0.3) is 16.5 Å². The molecule has 2 aromatic rings. The lowest BCUT2D eigenvalue weighted by Crippen LogP contribution is -1.93. The lowest BCUT2D eigenvalue weighted by atomic mass is 10.1. The normalized spacial score (nSPS) is 11.8. The Hall–Kier alpha value is -2.69. The predicted molar refractivity (Wildman–Crippen MR) is 99.1 cm³/mol. The van der Waals surface area contributed by atoms with Crippen molar-refractivity contribution in [3.8, 4) is 17.4 Å². The van der Waals surface area contributed by atoms with E-state index in [-0.39, 0.29) is 5.92 Å². The highest BCUT2D eigenvalue weighted by molar-refractivity contribution is 6.32. The highest BCUT2D eigenvalue weighted by atomic mass is 35.5. The van der Waals surface area contributed by atoms with Crippen molar-refractivity contribution < 1.29 is 9.47 Å². The van der Waals surface area contributed by atoms with Gasteiger partial charge in [-0.05, 0) is 42.1 Å². The number of halogens is 1. The maximum Gasteiger partial charge on any atom is 0.219 e. The van der Waals surface area contributed by atoms with E-state index in [2.05, 4.69) is 15.0 Å². The van der Waals surface area contributed by atoms with Crippen molar-refractivity contribution in [3.63, 3.8) is 0 Å². The third kappa shape index (κ3) is 6.03. The van der Waals surface area contributed by atoms with Crippen LogP contribution in [0.4, 0.5) is 0 Å². The SMILES string of the molecule is CCOc1ccc(Oc2ccc(/C=C/C(C)CN=[N+]=[N-])cn2)c(Cl)c1. The lowest BCUT2D eigenvalue weighted by molar-refractivity contribution is 0.339. The van der Waals surface area contributed by atoms with Gasteiger partial charge in [-0.15, -0.1) is 0 Å². The van der Waals surface area contributed by atoms with Gasteiger partial charge in [0.25, 0.3) is 0 Å². The van der Waals surface area contributed by atoms with E-state index in [4.69, 9.17) is 26.6 Å². The fraction of sp³-hybridized carbons (Fsp3) is 0.278. The Kier molecular flexibility index (Phi) is 7.14. The van der Waals surface area contributed by atoms with Crippen LogP contribution in [0, 0.1) is 5.92 Å². The number of benzene rings is 1. The Morgan fingerprint density at radius 1 is 1.36 bits per heavy atom. The second-order valence-corrected chi connectivity index (χ2v) is 5.71. The van der Waals surface area contributed by atoms with Crippen molar-refractivity contribution >= 4 is 17.7 Å². The Bertz CT molecular complexity index is 771. The Morgan fingerprint density at radius 3 is 2.84 bits per heavy atom. The van der Waals surface area contributed by atoms with E-state index in [1.165, 1.54) is 0 Å². The number of hydrogen-bond donors (Lipinski definition) is 0. The fourth-order valence-electron chi connectivity index (χ4n) is 1.99. The average molecular weight is 359 g/mol. The summed E-state index contributed by atoms with van der Waals surface area (Å²) in [6.45, 7) is 4.89. The minimum atomic E-state index is 0.162. The van der Waals surface area contributed by atoms with Gasteiger partial charge in [-0.1, -0.05) is 35.8 Å². The summed E-state index contributed by atoms with van der Waals surface area (Å²) in [7, 11) is 0. The topological polar surface area (TPSA) is 80.1 Å². The van der Waals surface area contributed by atoms with Crippen LogP contribution in [-0.4, -0.2) is 18.1 Å². The number of rotatable bonds is 8. The highest BCUT2D eigenvalue weighted by Crippen LogP contribution is 2.31. The number of ether oxygens (including phenoxy) is 2. The molecule has 0 aliphatic carbocycles. The summed E-state index contributed by atoms with van der Waals surface area (Å²) < 4.78 is 11.1. The molecular weight excluding hydrogens is 340 g/mol. The zero-order chi connectivity index (χ0) is 18.1. The molecule has 0 fully saturated rings. The standard InChI is InChI=1S/C18H19ClN4O2/c1-3-24-15-7-8-17(16(19)10-15)25-18-9-6-14(12-21-18)5-4-13(2)11-22-23-20/h4-10,12-13H,3,11H2,1-2H3/b5-4+. The minimum Gasteiger partial charge on any atom is -0.494 e. The molecule has 1 aromatic carbocycles. The predicted octanol–water partition coefficient (Wildman–Crippen LogP) is 5.89. The second-order valence-electron chi connectivity index (χ2n) is 5.31. The minimum absolute atomic E-state index is 0.162. The molecule has 0 bridgehead atoms. The molecule has 0 spiro atoms. The van der Waals surface area contributed by atoms with Gasteiger partial charge >= 0.3 is 0 Å². The van der Waals surface area contributed by atoms with Gasteiger partial charge in [-0.25, -0.2) is 4.98 Å². The summed E-state index contributed by atoms with van der Waals surface area (Å²) in [5.74, 6) is 1.83. The molecule has 2 rings (SSSR count). The molecule has 0 saturated heterocycles. The Morgan fingerprint density at radius 2 is 2.20 bits per heavy atom. The maximum atomic E-state index is 8.31. The number of nitrogens with zero attached hydrogens (tertiary/aromatic N) is 4. The quantitative estimate of drug-likeness (QED) is 0.335. The number of pyridine rings is 1. The number of aromatic nitrogens is 1. The summed E-state index contributed by atoms with van der Waals surface area (Å²) in [6, 6.07) is 8.92. The second kappa shape index (κ2) is 9.57. The molecule has 0 amide bonds. The van der Waals surface area contributed by atoms with Gasteiger partial charge in [0, 0.05) is 29.8 Å². The molecule has 7 heteroatoms. The molecule has 1 aromatic heterocycles. The van der Waals surface area contributed by atoms with Crippen molar-refractivity contribution in [2.75, 3.05) is 13.2 Å². The van der Waals surface area contributed by atoms with Crippen molar-refractivity contribution in [1.29, 1.82) is 0 Å². The Balaban J connectivity index is 2.00. The molecule has 0 radical (unpaired) electrons. The van der Waals surface area contributed by atoms with Gasteiger partial charge in [0.05, 0.1) is 11.6 Å². The largest absolute Gasteiger partial charge is 0.494 e. The van der Waals surface area contributed by atoms with Crippen LogP contribution in [0.1, 0.15) is 19.4 Å². The highest BCUT2D eigenvalue weighted by Gasteiger charge is 2.06. The first-order valence-corrected chi connectivity index (χ1v) is 8.25. The van der Waals surface area contributed by atoms with E-state index >= 15 is 0 Å². The molecule has 0 saturated carbocycles. The third-order valence-corrected chi connectivity index (χ3v) is 3.53. The fourth-order valence-corrected chi connectivity index (χ4v) is 2.19. The molecule has 0 N–H and O–H groups in total. The van der Waals surface area contributed by atoms with E-state index in [9.17, 15) is 0 Å². The average Bonchev–Trinajstić information content (AvgIpc) is 2.62. The molecule has 1 unspecified atom stereocenters. The third-order valence-electron chi connectivity index (χ3n) is 3.24. The summed E-state index contributed by atoms with van der Waals surface area (Å²) in [5.41, 5.74) is 9.24.